The zero-order valence-electron chi connectivity index (χ0n) is 12.9. The number of benzene rings is 1. The van der Waals surface area contributed by atoms with Gasteiger partial charge in [0.25, 0.3) is 5.91 Å². The minimum atomic E-state index is -0.312. The van der Waals surface area contributed by atoms with Crippen LogP contribution < -0.4 is 5.32 Å². The Kier molecular flexibility index (Phi) is 3.66. The number of aryl methyl sites for hydroxylation is 1. The Morgan fingerprint density at radius 2 is 2.00 bits per heavy atom. The van der Waals surface area contributed by atoms with E-state index in [1.165, 1.54) is 17.4 Å². The summed E-state index contributed by atoms with van der Waals surface area (Å²) in [5.41, 5.74) is 0.855. The number of hydrogen-bond acceptors (Lipinski definition) is 4. The topological polar surface area (TPSA) is 45.2 Å². The van der Waals surface area contributed by atoms with Crippen molar-refractivity contribution in [2.45, 2.75) is 6.92 Å². The molecule has 0 radical (unpaired) electrons. The number of thiazole rings is 1. The lowest BCUT2D eigenvalue weighted by Crippen LogP contribution is -2.32. The number of fused-ring (bicyclic) bond motifs is 1. The Labute approximate surface area is 138 Å². The summed E-state index contributed by atoms with van der Waals surface area (Å²) in [6.45, 7) is 5.34. The van der Waals surface area contributed by atoms with Gasteiger partial charge in [0.05, 0.1) is 9.88 Å². The first-order valence-corrected chi connectivity index (χ1v) is 8.67. The second-order valence-electron chi connectivity index (χ2n) is 6.28. The van der Waals surface area contributed by atoms with Crippen LogP contribution in [0.3, 0.4) is 0 Å². The molecular formula is C17H18FN3OS. The molecule has 0 bridgehead atoms. The number of aromatic nitrogens is 1. The first-order chi connectivity index (χ1) is 11.1. The average Bonchev–Trinajstić information content (AvgIpc) is 3.20. The second kappa shape index (κ2) is 5.69. The van der Waals surface area contributed by atoms with Crippen molar-refractivity contribution in [3.05, 3.63) is 40.8 Å². The molecule has 2 atom stereocenters. The SMILES string of the molecule is Cc1nc(C(=O)N2CC3CNCC3C2)c(-c2ccccc2F)s1. The highest BCUT2D eigenvalue weighted by atomic mass is 32.1. The van der Waals surface area contributed by atoms with Gasteiger partial charge in [-0.2, -0.15) is 0 Å². The minimum absolute atomic E-state index is 0.0676. The van der Waals surface area contributed by atoms with Crippen LogP contribution in [0.4, 0.5) is 4.39 Å². The number of carbonyl (C=O) groups is 1. The predicted molar refractivity (Wildman–Crippen MR) is 88.0 cm³/mol. The molecule has 0 saturated carbocycles. The van der Waals surface area contributed by atoms with E-state index in [1.54, 1.807) is 18.2 Å². The van der Waals surface area contributed by atoms with E-state index in [0.717, 1.165) is 31.2 Å². The van der Waals surface area contributed by atoms with Crippen LogP contribution in [0.2, 0.25) is 0 Å². The molecule has 1 aromatic heterocycles. The van der Waals surface area contributed by atoms with Gasteiger partial charge in [-0.15, -0.1) is 11.3 Å². The molecule has 2 saturated heterocycles. The summed E-state index contributed by atoms with van der Waals surface area (Å²) in [5, 5.41) is 4.16. The minimum Gasteiger partial charge on any atom is -0.337 e. The van der Waals surface area contributed by atoms with Crippen molar-refractivity contribution in [2.24, 2.45) is 11.8 Å². The molecule has 2 aromatic rings. The zero-order chi connectivity index (χ0) is 16.0. The predicted octanol–water partition coefficient (Wildman–Crippen LogP) is 2.55. The summed E-state index contributed by atoms with van der Waals surface area (Å²) >= 11 is 1.38. The summed E-state index contributed by atoms with van der Waals surface area (Å²) in [4.78, 5) is 19.9. The first-order valence-electron chi connectivity index (χ1n) is 7.86. The van der Waals surface area contributed by atoms with Gasteiger partial charge in [0, 0.05) is 31.7 Å². The Bertz CT molecular complexity index is 748. The van der Waals surface area contributed by atoms with Gasteiger partial charge in [0.1, 0.15) is 11.5 Å². The molecule has 2 fully saturated rings. The fourth-order valence-corrected chi connectivity index (χ4v) is 4.51. The molecule has 0 spiro atoms. The molecule has 4 rings (SSSR count). The van der Waals surface area contributed by atoms with E-state index in [2.05, 4.69) is 10.3 Å². The van der Waals surface area contributed by atoms with Crippen LogP contribution in [0.25, 0.3) is 10.4 Å². The van der Waals surface area contributed by atoms with E-state index in [-0.39, 0.29) is 11.7 Å². The third-order valence-electron chi connectivity index (χ3n) is 4.73. The van der Waals surface area contributed by atoms with Gasteiger partial charge in [-0.3, -0.25) is 4.79 Å². The number of nitrogens with one attached hydrogen (secondary N) is 1. The van der Waals surface area contributed by atoms with E-state index >= 15 is 0 Å². The maximum Gasteiger partial charge on any atom is 0.274 e. The summed E-state index contributed by atoms with van der Waals surface area (Å²) in [7, 11) is 0. The van der Waals surface area contributed by atoms with Crippen LogP contribution in [0.1, 0.15) is 15.5 Å². The molecule has 23 heavy (non-hydrogen) atoms. The van der Waals surface area contributed by atoms with Crippen LogP contribution >= 0.6 is 11.3 Å². The Balaban J connectivity index is 1.67. The molecular weight excluding hydrogens is 313 g/mol. The molecule has 1 amide bonds. The van der Waals surface area contributed by atoms with Crippen molar-refractivity contribution < 1.29 is 9.18 Å². The third kappa shape index (κ3) is 2.56. The number of halogens is 1. The molecule has 1 aromatic carbocycles. The Morgan fingerprint density at radius 1 is 1.30 bits per heavy atom. The summed E-state index contributed by atoms with van der Waals surface area (Å²) in [6, 6.07) is 6.57. The fraction of sp³-hybridized carbons (Fsp3) is 0.412. The summed E-state index contributed by atoms with van der Waals surface area (Å²) in [5.74, 6) is 0.695. The smallest absolute Gasteiger partial charge is 0.274 e. The van der Waals surface area contributed by atoms with Gasteiger partial charge in [0.15, 0.2) is 0 Å². The van der Waals surface area contributed by atoms with Crippen molar-refractivity contribution in [2.75, 3.05) is 26.2 Å². The van der Waals surface area contributed by atoms with Crippen LogP contribution in [-0.4, -0.2) is 42.0 Å². The zero-order valence-corrected chi connectivity index (χ0v) is 13.7. The molecule has 2 unspecified atom stereocenters. The molecule has 4 nitrogen and oxygen atoms in total. The van der Waals surface area contributed by atoms with Gasteiger partial charge < -0.3 is 10.2 Å². The van der Waals surface area contributed by atoms with Crippen LogP contribution in [0.15, 0.2) is 24.3 Å². The largest absolute Gasteiger partial charge is 0.337 e. The molecule has 2 aliphatic rings. The maximum atomic E-state index is 14.1. The lowest BCUT2D eigenvalue weighted by Gasteiger charge is -2.17. The van der Waals surface area contributed by atoms with Crippen LogP contribution in [-0.2, 0) is 0 Å². The number of likely N-dealkylation sites (tertiary alicyclic amines) is 1. The highest BCUT2D eigenvalue weighted by Crippen LogP contribution is 2.34. The number of nitrogens with zero attached hydrogens (tertiary/aromatic N) is 2. The highest BCUT2D eigenvalue weighted by Gasteiger charge is 2.39. The van der Waals surface area contributed by atoms with Crippen molar-refractivity contribution in [3.8, 4) is 10.4 Å². The van der Waals surface area contributed by atoms with E-state index in [1.807, 2.05) is 11.8 Å². The van der Waals surface area contributed by atoms with Crippen molar-refractivity contribution in [3.63, 3.8) is 0 Å². The number of hydrogen-bond donors (Lipinski definition) is 1. The number of rotatable bonds is 2. The molecule has 2 aliphatic heterocycles. The lowest BCUT2D eigenvalue weighted by molar-refractivity contribution is 0.0777. The first kappa shape index (κ1) is 14.8. The van der Waals surface area contributed by atoms with Gasteiger partial charge in [-0.1, -0.05) is 18.2 Å². The van der Waals surface area contributed by atoms with Gasteiger partial charge in [-0.25, -0.2) is 9.37 Å². The summed E-state index contributed by atoms with van der Waals surface area (Å²) in [6.07, 6.45) is 0. The highest BCUT2D eigenvalue weighted by molar-refractivity contribution is 7.15. The van der Waals surface area contributed by atoms with E-state index in [9.17, 15) is 9.18 Å². The number of carbonyl (C=O) groups excluding carboxylic acids is 1. The fourth-order valence-electron chi connectivity index (χ4n) is 3.57. The Hall–Kier alpha value is -1.79. The maximum absolute atomic E-state index is 14.1. The monoisotopic (exact) mass is 331 g/mol. The molecule has 3 heterocycles. The molecule has 0 aliphatic carbocycles. The van der Waals surface area contributed by atoms with E-state index in [0.29, 0.717) is 28.0 Å². The van der Waals surface area contributed by atoms with E-state index < -0.39 is 0 Å². The summed E-state index contributed by atoms with van der Waals surface area (Å²) < 4.78 is 14.1. The molecule has 1 N–H and O–H groups in total. The standard InChI is InChI=1S/C17H18FN3OS/c1-10-20-15(16(23-10)13-4-2-3-5-14(13)18)17(22)21-8-11-6-19-7-12(11)9-21/h2-5,11-12,19H,6-9H2,1H3. The van der Waals surface area contributed by atoms with Crippen LogP contribution in [0.5, 0.6) is 0 Å². The normalized spacial score (nSPS) is 23.3. The average molecular weight is 331 g/mol. The van der Waals surface area contributed by atoms with Gasteiger partial charge in [0.2, 0.25) is 0 Å². The van der Waals surface area contributed by atoms with Crippen LogP contribution in [0, 0.1) is 24.6 Å². The molecule has 120 valence electrons. The lowest BCUT2D eigenvalue weighted by atomic mass is 10.0. The third-order valence-corrected chi connectivity index (χ3v) is 5.74. The quantitative estimate of drug-likeness (QED) is 0.920. The second-order valence-corrected chi connectivity index (χ2v) is 7.48. The van der Waals surface area contributed by atoms with Gasteiger partial charge >= 0.3 is 0 Å². The van der Waals surface area contributed by atoms with Crippen molar-refractivity contribution >= 4 is 17.2 Å². The Morgan fingerprint density at radius 3 is 2.70 bits per heavy atom. The molecule has 6 heteroatoms. The van der Waals surface area contributed by atoms with Crippen molar-refractivity contribution in [1.82, 2.24) is 15.2 Å². The van der Waals surface area contributed by atoms with Gasteiger partial charge in [-0.05, 0) is 24.8 Å². The van der Waals surface area contributed by atoms with Crippen molar-refractivity contribution in [1.29, 1.82) is 0 Å². The number of amides is 1. The van der Waals surface area contributed by atoms with E-state index in [4.69, 9.17) is 0 Å².